The van der Waals surface area contributed by atoms with Crippen LogP contribution in [0.2, 0.25) is 0 Å². The van der Waals surface area contributed by atoms with E-state index in [-0.39, 0.29) is 6.04 Å². The van der Waals surface area contributed by atoms with Gasteiger partial charge in [-0.25, -0.2) is 4.79 Å². The van der Waals surface area contributed by atoms with Gasteiger partial charge in [-0.1, -0.05) is 40.6 Å². The van der Waals surface area contributed by atoms with E-state index in [0.29, 0.717) is 29.3 Å². The van der Waals surface area contributed by atoms with Gasteiger partial charge >= 0.3 is 12.1 Å². The zero-order chi connectivity index (χ0) is 21.4. The van der Waals surface area contributed by atoms with Gasteiger partial charge in [0.15, 0.2) is 11.6 Å². The lowest BCUT2D eigenvalue weighted by Crippen LogP contribution is -2.23. The van der Waals surface area contributed by atoms with Gasteiger partial charge in [0.25, 0.3) is 0 Å². The molecule has 8 nitrogen and oxygen atoms in total. The molecule has 0 saturated heterocycles. The molecule has 3 rings (SSSR count). The highest BCUT2D eigenvalue weighted by molar-refractivity contribution is 9.10. The highest BCUT2D eigenvalue weighted by Gasteiger charge is 2.38. The number of halogens is 4. The minimum absolute atomic E-state index is 0.0462. The van der Waals surface area contributed by atoms with E-state index in [0.717, 1.165) is 11.3 Å². The number of carboxylic acid groups (broad SMARTS) is 1. The Labute approximate surface area is 171 Å². The maximum absolute atomic E-state index is 10.6. The van der Waals surface area contributed by atoms with Gasteiger partial charge in [0.1, 0.15) is 4.60 Å². The second kappa shape index (κ2) is 10.2. The standard InChI is InChI=1S/C15H15BrN4O2.C2HF3O2/c1-10-18-15(22-19-10)8-13(11-5-3-2-4-6-11)17-9-12-7-14(16)20-21-12;3-2(4,5)1(6)7/h2-7,13,17H,8-9H2,1H3;(H,6,7). The van der Waals surface area contributed by atoms with Crippen molar-refractivity contribution in [2.45, 2.75) is 32.1 Å². The van der Waals surface area contributed by atoms with E-state index in [2.05, 4.69) is 48.7 Å². The van der Waals surface area contributed by atoms with Gasteiger partial charge in [0.2, 0.25) is 5.89 Å². The third kappa shape index (κ3) is 7.66. The predicted molar refractivity (Wildman–Crippen MR) is 96.7 cm³/mol. The van der Waals surface area contributed by atoms with Crippen molar-refractivity contribution in [1.29, 1.82) is 0 Å². The molecule has 0 saturated carbocycles. The molecular formula is C17H16BrF3N4O4. The van der Waals surface area contributed by atoms with Crippen LogP contribution in [0.4, 0.5) is 13.2 Å². The molecule has 0 fully saturated rings. The van der Waals surface area contributed by atoms with E-state index < -0.39 is 12.1 Å². The summed E-state index contributed by atoms with van der Waals surface area (Å²) in [6.07, 6.45) is -4.47. The van der Waals surface area contributed by atoms with Crippen LogP contribution in [0.3, 0.4) is 0 Å². The van der Waals surface area contributed by atoms with Gasteiger partial charge in [-0.3, -0.25) is 0 Å². The van der Waals surface area contributed by atoms with Crippen LogP contribution in [0.25, 0.3) is 0 Å². The Morgan fingerprint density at radius 2 is 1.90 bits per heavy atom. The SMILES string of the molecule is Cc1noc(CC(NCc2cc(Br)no2)c2ccccc2)n1.O=C(O)C(F)(F)F. The molecule has 0 amide bonds. The number of aliphatic carboxylic acids is 1. The first kappa shape index (κ1) is 22.6. The van der Waals surface area contributed by atoms with E-state index in [1.54, 1.807) is 0 Å². The number of nitrogens with one attached hydrogen (secondary N) is 1. The lowest BCUT2D eigenvalue weighted by atomic mass is 10.0. The van der Waals surface area contributed by atoms with Crippen molar-refractivity contribution in [3.05, 3.63) is 64.0 Å². The number of aromatic nitrogens is 3. The fourth-order valence-corrected chi connectivity index (χ4v) is 2.51. The highest BCUT2D eigenvalue weighted by Crippen LogP contribution is 2.19. The largest absolute Gasteiger partial charge is 0.490 e. The summed E-state index contributed by atoms with van der Waals surface area (Å²) in [5.74, 6) is -0.749. The van der Waals surface area contributed by atoms with Gasteiger partial charge in [0, 0.05) is 18.5 Å². The molecule has 2 heterocycles. The minimum Gasteiger partial charge on any atom is -0.475 e. The van der Waals surface area contributed by atoms with Crippen LogP contribution in [-0.2, 0) is 17.8 Å². The maximum atomic E-state index is 10.6. The second-order valence-electron chi connectivity index (χ2n) is 5.70. The number of alkyl halides is 3. The molecule has 2 N–H and O–H groups in total. The Bertz CT molecular complexity index is 915. The lowest BCUT2D eigenvalue weighted by molar-refractivity contribution is -0.192. The van der Waals surface area contributed by atoms with Crippen LogP contribution in [0.1, 0.15) is 29.1 Å². The van der Waals surface area contributed by atoms with E-state index in [4.69, 9.17) is 18.9 Å². The topological polar surface area (TPSA) is 114 Å². The Balaban J connectivity index is 0.000000370. The molecule has 156 valence electrons. The fourth-order valence-electron chi connectivity index (χ4n) is 2.19. The second-order valence-corrected chi connectivity index (χ2v) is 6.51. The Morgan fingerprint density at radius 1 is 1.24 bits per heavy atom. The number of hydrogen-bond acceptors (Lipinski definition) is 7. The van der Waals surface area contributed by atoms with Gasteiger partial charge in [-0.15, -0.1) is 0 Å². The van der Waals surface area contributed by atoms with Crippen LogP contribution in [0.15, 0.2) is 50.0 Å². The summed E-state index contributed by atoms with van der Waals surface area (Å²) in [6, 6.07) is 12.0. The van der Waals surface area contributed by atoms with Crippen LogP contribution in [0, 0.1) is 6.92 Å². The molecule has 29 heavy (non-hydrogen) atoms. The Morgan fingerprint density at radius 3 is 2.38 bits per heavy atom. The van der Waals surface area contributed by atoms with Crippen LogP contribution >= 0.6 is 15.9 Å². The number of hydrogen-bond donors (Lipinski definition) is 2. The first-order valence-corrected chi connectivity index (χ1v) is 8.93. The molecule has 3 aromatic rings. The Hall–Kier alpha value is -2.73. The zero-order valence-electron chi connectivity index (χ0n) is 15.0. The highest BCUT2D eigenvalue weighted by atomic mass is 79.9. The van der Waals surface area contributed by atoms with Crippen molar-refractivity contribution in [3.63, 3.8) is 0 Å². The van der Waals surface area contributed by atoms with Crippen molar-refractivity contribution < 1.29 is 32.1 Å². The van der Waals surface area contributed by atoms with Crippen molar-refractivity contribution >= 4 is 21.9 Å². The number of rotatable bonds is 6. The van der Waals surface area contributed by atoms with Gasteiger partial charge in [0.05, 0.1) is 6.54 Å². The maximum Gasteiger partial charge on any atom is 0.490 e. The smallest absolute Gasteiger partial charge is 0.475 e. The monoisotopic (exact) mass is 476 g/mol. The number of aryl methyl sites for hydroxylation is 1. The lowest BCUT2D eigenvalue weighted by Gasteiger charge is -2.16. The summed E-state index contributed by atoms with van der Waals surface area (Å²) in [4.78, 5) is 13.2. The number of carbonyl (C=O) groups is 1. The summed E-state index contributed by atoms with van der Waals surface area (Å²) in [5, 5.41) is 18.2. The first-order valence-electron chi connectivity index (χ1n) is 8.14. The predicted octanol–water partition coefficient (Wildman–Crippen LogP) is 3.84. The number of benzene rings is 1. The van der Waals surface area contributed by atoms with Gasteiger partial charge in [-0.05, 0) is 28.4 Å². The third-order valence-corrected chi connectivity index (χ3v) is 3.82. The molecule has 12 heteroatoms. The van der Waals surface area contributed by atoms with Gasteiger partial charge in [-0.2, -0.15) is 18.2 Å². The molecule has 0 bridgehead atoms. The average molecular weight is 477 g/mol. The molecule has 0 aliphatic carbocycles. The zero-order valence-corrected chi connectivity index (χ0v) is 16.6. The van der Waals surface area contributed by atoms with Crippen molar-refractivity contribution in [2.75, 3.05) is 0 Å². The summed E-state index contributed by atoms with van der Waals surface area (Å²) in [7, 11) is 0. The molecule has 0 spiro atoms. The number of carboxylic acids is 1. The molecule has 0 aliphatic heterocycles. The molecular weight excluding hydrogens is 461 g/mol. The molecule has 1 atom stereocenters. The molecule has 1 unspecified atom stereocenters. The quantitative estimate of drug-likeness (QED) is 0.551. The molecule has 0 aliphatic rings. The first-order chi connectivity index (χ1) is 13.6. The summed E-state index contributed by atoms with van der Waals surface area (Å²) in [6.45, 7) is 2.37. The van der Waals surface area contributed by atoms with Gasteiger partial charge < -0.3 is 19.5 Å². The summed E-state index contributed by atoms with van der Waals surface area (Å²) >= 11 is 3.27. The van der Waals surface area contributed by atoms with Crippen molar-refractivity contribution in [1.82, 2.24) is 20.6 Å². The number of nitrogens with zero attached hydrogens (tertiary/aromatic N) is 3. The van der Waals surface area contributed by atoms with E-state index in [9.17, 15) is 13.2 Å². The van der Waals surface area contributed by atoms with Crippen LogP contribution in [-0.4, -0.2) is 32.5 Å². The van der Waals surface area contributed by atoms with Crippen molar-refractivity contribution in [2.24, 2.45) is 0 Å². The summed E-state index contributed by atoms with van der Waals surface area (Å²) in [5.41, 5.74) is 1.15. The van der Waals surface area contributed by atoms with Crippen LogP contribution < -0.4 is 5.32 Å². The third-order valence-electron chi connectivity index (χ3n) is 3.45. The molecule has 1 aromatic carbocycles. The minimum atomic E-state index is -5.08. The fraction of sp³-hybridized carbons (Fsp3) is 0.294. The van der Waals surface area contributed by atoms with E-state index in [1.165, 1.54) is 0 Å². The molecule has 0 radical (unpaired) electrons. The van der Waals surface area contributed by atoms with Crippen molar-refractivity contribution in [3.8, 4) is 0 Å². The summed E-state index contributed by atoms with van der Waals surface area (Å²) < 4.78 is 42.8. The normalized spacial score (nSPS) is 12.2. The van der Waals surface area contributed by atoms with E-state index >= 15 is 0 Å². The van der Waals surface area contributed by atoms with Crippen LogP contribution in [0.5, 0.6) is 0 Å². The average Bonchev–Trinajstić information content (AvgIpc) is 3.27. The molecule has 2 aromatic heterocycles. The Kier molecular flexibility index (Phi) is 7.91. The van der Waals surface area contributed by atoms with E-state index in [1.807, 2.05) is 31.2 Å².